The molecule has 2 N–H and O–H groups in total. The summed E-state index contributed by atoms with van der Waals surface area (Å²) in [7, 11) is 0. The first-order chi connectivity index (χ1) is 8.67. The van der Waals surface area contributed by atoms with Gasteiger partial charge < -0.3 is 10.6 Å². The first-order valence-electron chi connectivity index (χ1n) is 8.11. The van der Waals surface area contributed by atoms with Crippen LogP contribution in [0.2, 0.25) is 0 Å². The lowest BCUT2D eigenvalue weighted by Gasteiger charge is -2.36. The normalized spacial score (nSPS) is 27.3. The number of hydrogen-bond donors (Lipinski definition) is 1. The van der Waals surface area contributed by atoms with Crippen LogP contribution in [0.3, 0.4) is 0 Å². The Bertz CT molecular complexity index is 199. The van der Waals surface area contributed by atoms with E-state index in [4.69, 9.17) is 5.73 Å². The minimum Gasteiger partial charge on any atom is -0.330 e. The average molecular weight is 254 g/mol. The Morgan fingerprint density at radius 2 is 2.00 bits per heavy atom. The fraction of sp³-hybridized carbons (Fsp3) is 1.00. The van der Waals surface area contributed by atoms with E-state index < -0.39 is 0 Å². The van der Waals surface area contributed by atoms with Crippen LogP contribution in [-0.4, -0.2) is 30.6 Å². The van der Waals surface area contributed by atoms with Crippen LogP contribution in [0, 0.1) is 11.8 Å². The molecule has 1 heterocycles. The monoisotopic (exact) mass is 254 g/mol. The molecule has 0 amide bonds. The summed E-state index contributed by atoms with van der Waals surface area (Å²) < 4.78 is 0. The predicted octanol–water partition coefficient (Wildman–Crippen LogP) is 3.65. The maximum Gasteiger partial charge on any atom is 0.00694 e. The zero-order valence-corrected chi connectivity index (χ0v) is 12.8. The second-order valence-electron chi connectivity index (χ2n) is 6.39. The molecule has 1 aliphatic heterocycles. The predicted molar refractivity (Wildman–Crippen MR) is 80.7 cm³/mol. The van der Waals surface area contributed by atoms with Gasteiger partial charge in [0.2, 0.25) is 0 Å². The van der Waals surface area contributed by atoms with Gasteiger partial charge in [0.05, 0.1) is 0 Å². The quantitative estimate of drug-likeness (QED) is 0.716. The van der Waals surface area contributed by atoms with Gasteiger partial charge in [0.15, 0.2) is 0 Å². The smallest absolute Gasteiger partial charge is 0.00694 e. The van der Waals surface area contributed by atoms with Crippen LogP contribution in [0.1, 0.15) is 65.7 Å². The summed E-state index contributed by atoms with van der Waals surface area (Å²) in [4.78, 5) is 2.70. The Morgan fingerprint density at radius 3 is 2.61 bits per heavy atom. The van der Waals surface area contributed by atoms with E-state index >= 15 is 0 Å². The summed E-state index contributed by atoms with van der Waals surface area (Å²) in [6.07, 6.45) is 9.42. The molecule has 3 atom stereocenters. The van der Waals surface area contributed by atoms with E-state index in [1.54, 1.807) is 0 Å². The van der Waals surface area contributed by atoms with E-state index in [-0.39, 0.29) is 0 Å². The Hall–Kier alpha value is -0.0800. The van der Waals surface area contributed by atoms with Crippen LogP contribution in [0.25, 0.3) is 0 Å². The standard InChI is InChI=1S/C16H34N2/c1-4-6-16(8-10-17)7-5-11-18-12-9-14(2)13-15(18)3/h14-16H,4-13,17H2,1-3H3. The molecule has 0 aromatic rings. The van der Waals surface area contributed by atoms with Crippen molar-refractivity contribution in [2.24, 2.45) is 17.6 Å². The zero-order valence-electron chi connectivity index (χ0n) is 12.8. The highest BCUT2D eigenvalue weighted by Crippen LogP contribution is 2.23. The van der Waals surface area contributed by atoms with Crippen molar-refractivity contribution in [1.29, 1.82) is 0 Å². The number of piperidine rings is 1. The minimum absolute atomic E-state index is 0.799. The third-order valence-corrected chi connectivity index (χ3v) is 4.61. The fourth-order valence-corrected chi connectivity index (χ4v) is 3.45. The van der Waals surface area contributed by atoms with Crippen LogP contribution in [-0.2, 0) is 0 Å². The maximum atomic E-state index is 5.70. The van der Waals surface area contributed by atoms with E-state index in [9.17, 15) is 0 Å². The third kappa shape index (κ3) is 5.71. The molecule has 2 nitrogen and oxygen atoms in total. The molecule has 2 heteroatoms. The van der Waals surface area contributed by atoms with Crippen LogP contribution >= 0.6 is 0 Å². The van der Waals surface area contributed by atoms with Crippen molar-refractivity contribution >= 4 is 0 Å². The summed E-state index contributed by atoms with van der Waals surface area (Å²) in [5.41, 5.74) is 5.70. The number of nitrogens with two attached hydrogens (primary N) is 1. The number of nitrogens with zero attached hydrogens (tertiary/aromatic N) is 1. The van der Waals surface area contributed by atoms with Crippen molar-refractivity contribution in [3.63, 3.8) is 0 Å². The van der Waals surface area contributed by atoms with Gasteiger partial charge in [-0.1, -0.05) is 26.7 Å². The Balaban J connectivity index is 2.19. The molecule has 0 radical (unpaired) electrons. The highest BCUT2D eigenvalue weighted by atomic mass is 15.2. The van der Waals surface area contributed by atoms with E-state index in [0.29, 0.717) is 0 Å². The van der Waals surface area contributed by atoms with Gasteiger partial charge in [-0.05, 0) is 70.5 Å². The van der Waals surface area contributed by atoms with Gasteiger partial charge in [-0.15, -0.1) is 0 Å². The highest BCUT2D eigenvalue weighted by molar-refractivity contribution is 4.77. The van der Waals surface area contributed by atoms with Crippen LogP contribution in [0.5, 0.6) is 0 Å². The lowest BCUT2D eigenvalue weighted by Crippen LogP contribution is -2.40. The van der Waals surface area contributed by atoms with Crippen molar-refractivity contribution in [2.75, 3.05) is 19.6 Å². The molecule has 1 aliphatic rings. The minimum atomic E-state index is 0.799. The Labute approximate surface area is 114 Å². The molecule has 1 fully saturated rings. The first kappa shape index (κ1) is 16.0. The zero-order chi connectivity index (χ0) is 13.4. The number of hydrogen-bond acceptors (Lipinski definition) is 2. The number of likely N-dealkylation sites (tertiary alicyclic amines) is 1. The summed E-state index contributed by atoms with van der Waals surface area (Å²) in [5, 5.41) is 0. The average Bonchev–Trinajstić information content (AvgIpc) is 2.32. The first-order valence-corrected chi connectivity index (χ1v) is 8.11. The lowest BCUT2D eigenvalue weighted by molar-refractivity contribution is 0.125. The van der Waals surface area contributed by atoms with Gasteiger partial charge in [-0.3, -0.25) is 0 Å². The van der Waals surface area contributed by atoms with E-state index in [2.05, 4.69) is 25.7 Å². The lowest BCUT2D eigenvalue weighted by atomic mass is 9.91. The van der Waals surface area contributed by atoms with Crippen LogP contribution < -0.4 is 5.73 Å². The van der Waals surface area contributed by atoms with Crippen molar-refractivity contribution in [3.8, 4) is 0 Å². The molecule has 18 heavy (non-hydrogen) atoms. The molecule has 3 unspecified atom stereocenters. The summed E-state index contributed by atoms with van der Waals surface area (Å²) in [6, 6.07) is 0.799. The van der Waals surface area contributed by atoms with Crippen molar-refractivity contribution in [3.05, 3.63) is 0 Å². The van der Waals surface area contributed by atoms with E-state index in [1.807, 2.05) is 0 Å². The topological polar surface area (TPSA) is 29.3 Å². The van der Waals surface area contributed by atoms with Gasteiger partial charge in [0, 0.05) is 6.04 Å². The molecule has 0 aromatic carbocycles. The molecular weight excluding hydrogens is 220 g/mol. The summed E-state index contributed by atoms with van der Waals surface area (Å²) in [6.45, 7) is 10.6. The van der Waals surface area contributed by atoms with E-state index in [0.717, 1.165) is 24.4 Å². The second kappa shape index (κ2) is 8.92. The SMILES string of the molecule is CCCC(CCN)CCCN1CCC(C)CC1C. The molecule has 0 saturated carbocycles. The molecule has 1 rings (SSSR count). The van der Waals surface area contributed by atoms with Crippen LogP contribution in [0.4, 0.5) is 0 Å². The fourth-order valence-electron chi connectivity index (χ4n) is 3.45. The summed E-state index contributed by atoms with van der Waals surface area (Å²) in [5.74, 6) is 1.81. The van der Waals surface area contributed by atoms with Gasteiger partial charge >= 0.3 is 0 Å². The highest BCUT2D eigenvalue weighted by Gasteiger charge is 2.22. The molecule has 0 aromatic heterocycles. The Morgan fingerprint density at radius 1 is 1.22 bits per heavy atom. The maximum absolute atomic E-state index is 5.70. The summed E-state index contributed by atoms with van der Waals surface area (Å²) >= 11 is 0. The number of rotatable bonds is 8. The molecular formula is C16H34N2. The second-order valence-corrected chi connectivity index (χ2v) is 6.39. The van der Waals surface area contributed by atoms with Gasteiger partial charge in [-0.2, -0.15) is 0 Å². The molecule has 0 bridgehead atoms. The van der Waals surface area contributed by atoms with Crippen LogP contribution in [0.15, 0.2) is 0 Å². The van der Waals surface area contributed by atoms with Crippen molar-refractivity contribution < 1.29 is 0 Å². The van der Waals surface area contributed by atoms with Gasteiger partial charge in [0.1, 0.15) is 0 Å². The van der Waals surface area contributed by atoms with Gasteiger partial charge in [-0.25, -0.2) is 0 Å². The van der Waals surface area contributed by atoms with E-state index in [1.165, 1.54) is 58.0 Å². The molecule has 0 spiro atoms. The third-order valence-electron chi connectivity index (χ3n) is 4.61. The Kier molecular flexibility index (Phi) is 7.92. The van der Waals surface area contributed by atoms with Crippen molar-refractivity contribution in [1.82, 2.24) is 4.90 Å². The molecule has 1 saturated heterocycles. The van der Waals surface area contributed by atoms with Gasteiger partial charge in [0.25, 0.3) is 0 Å². The largest absolute Gasteiger partial charge is 0.330 e. The molecule has 0 aliphatic carbocycles. The van der Waals surface area contributed by atoms with Crippen molar-refractivity contribution in [2.45, 2.75) is 71.8 Å². The molecule has 108 valence electrons.